The standard InChI is InChI=1S/C16H16ClNO4S/c1-9-8-23-15(18-9)11(16(19)22-4)5-10-6-12(17)14(21-3)13(7-10)20-2/h5-8H,1-4H3/b11-5-. The van der Waals surface area contributed by atoms with Crippen LogP contribution in [0.3, 0.4) is 0 Å². The van der Waals surface area contributed by atoms with Crippen LogP contribution in [0.15, 0.2) is 17.5 Å². The van der Waals surface area contributed by atoms with Crippen molar-refractivity contribution < 1.29 is 19.0 Å². The number of thiazole rings is 1. The third-order valence-electron chi connectivity index (χ3n) is 3.02. The van der Waals surface area contributed by atoms with Crippen LogP contribution in [0.5, 0.6) is 11.5 Å². The van der Waals surface area contributed by atoms with Gasteiger partial charge in [-0.15, -0.1) is 11.3 Å². The molecule has 0 radical (unpaired) electrons. The van der Waals surface area contributed by atoms with E-state index < -0.39 is 5.97 Å². The number of halogens is 1. The first kappa shape index (κ1) is 17.3. The van der Waals surface area contributed by atoms with Gasteiger partial charge in [-0.05, 0) is 30.7 Å². The number of ether oxygens (including phenoxy) is 3. The van der Waals surface area contributed by atoms with Crippen LogP contribution >= 0.6 is 22.9 Å². The van der Waals surface area contributed by atoms with E-state index in [0.29, 0.717) is 32.7 Å². The van der Waals surface area contributed by atoms with Crippen molar-refractivity contribution in [3.63, 3.8) is 0 Å². The Bertz CT molecular complexity index is 755. The SMILES string of the molecule is COC(=O)/C(=C\c1cc(Cl)c(OC)c(OC)c1)c1nc(C)cs1. The van der Waals surface area contributed by atoms with E-state index in [2.05, 4.69) is 4.98 Å². The molecule has 0 bridgehead atoms. The van der Waals surface area contributed by atoms with Gasteiger partial charge in [0.25, 0.3) is 0 Å². The van der Waals surface area contributed by atoms with Crippen LogP contribution in [0.1, 0.15) is 16.3 Å². The summed E-state index contributed by atoms with van der Waals surface area (Å²) in [5.41, 5.74) is 1.87. The molecule has 1 heterocycles. The van der Waals surface area contributed by atoms with Gasteiger partial charge in [-0.1, -0.05) is 11.6 Å². The Labute approximate surface area is 143 Å². The molecule has 0 aliphatic heterocycles. The molecule has 122 valence electrons. The molecule has 0 amide bonds. The summed E-state index contributed by atoms with van der Waals surface area (Å²) in [5.74, 6) is 0.451. The zero-order chi connectivity index (χ0) is 17.0. The van der Waals surface area contributed by atoms with Crippen molar-refractivity contribution in [2.45, 2.75) is 6.92 Å². The maximum atomic E-state index is 12.1. The number of hydrogen-bond acceptors (Lipinski definition) is 6. The topological polar surface area (TPSA) is 57.7 Å². The molecule has 0 aliphatic carbocycles. The van der Waals surface area contributed by atoms with Gasteiger partial charge in [0, 0.05) is 11.1 Å². The second-order valence-corrected chi connectivity index (χ2v) is 5.85. The molecule has 0 saturated heterocycles. The summed E-state index contributed by atoms with van der Waals surface area (Å²) in [6.07, 6.45) is 1.66. The quantitative estimate of drug-likeness (QED) is 0.604. The van der Waals surface area contributed by atoms with E-state index in [-0.39, 0.29) is 0 Å². The lowest BCUT2D eigenvalue weighted by atomic mass is 10.1. The normalized spacial score (nSPS) is 11.3. The van der Waals surface area contributed by atoms with E-state index in [1.165, 1.54) is 32.7 Å². The van der Waals surface area contributed by atoms with Crippen molar-refractivity contribution in [3.8, 4) is 11.5 Å². The zero-order valence-electron chi connectivity index (χ0n) is 13.2. The average Bonchev–Trinajstić information content (AvgIpc) is 2.97. The van der Waals surface area contributed by atoms with Gasteiger partial charge in [-0.3, -0.25) is 0 Å². The number of aryl methyl sites for hydroxylation is 1. The molecule has 1 aromatic heterocycles. The Kier molecular flexibility index (Phi) is 5.63. The molecule has 0 aliphatic rings. The smallest absolute Gasteiger partial charge is 0.340 e. The average molecular weight is 354 g/mol. The van der Waals surface area contributed by atoms with E-state index in [9.17, 15) is 4.79 Å². The molecule has 0 atom stereocenters. The van der Waals surface area contributed by atoms with Gasteiger partial charge >= 0.3 is 5.97 Å². The van der Waals surface area contributed by atoms with Crippen molar-refractivity contribution >= 4 is 40.6 Å². The lowest BCUT2D eigenvalue weighted by Gasteiger charge is -2.11. The van der Waals surface area contributed by atoms with E-state index >= 15 is 0 Å². The summed E-state index contributed by atoms with van der Waals surface area (Å²) >= 11 is 7.57. The Morgan fingerprint density at radius 2 is 2.00 bits per heavy atom. The number of aromatic nitrogens is 1. The number of benzene rings is 1. The van der Waals surface area contributed by atoms with Crippen molar-refractivity contribution in [1.82, 2.24) is 4.98 Å². The molecule has 2 rings (SSSR count). The number of esters is 1. The van der Waals surface area contributed by atoms with Crippen LogP contribution in [-0.4, -0.2) is 32.3 Å². The van der Waals surface area contributed by atoms with E-state index in [4.69, 9.17) is 25.8 Å². The second-order valence-electron chi connectivity index (χ2n) is 4.58. The van der Waals surface area contributed by atoms with Gasteiger partial charge in [0.05, 0.1) is 31.9 Å². The van der Waals surface area contributed by atoms with Crippen molar-refractivity contribution in [2.75, 3.05) is 21.3 Å². The number of nitrogens with zero attached hydrogens (tertiary/aromatic N) is 1. The molecular weight excluding hydrogens is 338 g/mol. The predicted molar refractivity (Wildman–Crippen MR) is 91.3 cm³/mol. The number of hydrogen-bond donors (Lipinski definition) is 0. The molecule has 1 aromatic carbocycles. The van der Waals surface area contributed by atoms with Gasteiger partial charge < -0.3 is 14.2 Å². The molecule has 0 unspecified atom stereocenters. The lowest BCUT2D eigenvalue weighted by Crippen LogP contribution is -2.04. The summed E-state index contributed by atoms with van der Waals surface area (Å²) in [7, 11) is 4.36. The molecule has 0 saturated carbocycles. The largest absolute Gasteiger partial charge is 0.493 e. The predicted octanol–water partition coefficient (Wildman–Crippen LogP) is 3.84. The fraction of sp³-hybridized carbons (Fsp3) is 0.250. The van der Waals surface area contributed by atoms with Gasteiger partial charge in [0.15, 0.2) is 11.5 Å². The van der Waals surface area contributed by atoms with Gasteiger partial charge in [0.2, 0.25) is 0 Å². The number of methoxy groups -OCH3 is 3. The molecule has 0 spiro atoms. The minimum atomic E-state index is -0.467. The molecule has 5 nitrogen and oxygen atoms in total. The maximum absolute atomic E-state index is 12.1. The highest BCUT2D eigenvalue weighted by atomic mass is 35.5. The highest BCUT2D eigenvalue weighted by molar-refractivity contribution is 7.11. The maximum Gasteiger partial charge on any atom is 0.340 e. The Balaban J connectivity index is 2.55. The fourth-order valence-electron chi connectivity index (χ4n) is 1.98. The first-order chi connectivity index (χ1) is 11.0. The summed E-state index contributed by atoms with van der Waals surface area (Å²) in [4.78, 5) is 16.4. The van der Waals surface area contributed by atoms with Crippen molar-refractivity contribution in [2.24, 2.45) is 0 Å². The summed E-state index contributed by atoms with van der Waals surface area (Å²) in [6, 6.07) is 3.42. The third-order valence-corrected chi connectivity index (χ3v) is 4.30. The Morgan fingerprint density at radius 3 is 2.52 bits per heavy atom. The van der Waals surface area contributed by atoms with Crippen LogP contribution in [0, 0.1) is 6.92 Å². The minimum Gasteiger partial charge on any atom is -0.493 e. The van der Waals surface area contributed by atoms with E-state index in [0.717, 1.165) is 5.69 Å². The van der Waals surface area contributed by atoms with Crippen LogP contribution in [0.2, 0.25) is 5.02 Å². The van der Waals surface area contributed by atoms with Gasteiger partial charge in [-0.25, -0.2) is 9.78 Å². The third kappa shape index (κ3) is 3.83. The van der Waals surface area contributed by atoms with Crippen LogP contribution in [-0.2, 0) is 9.53 Å². The monoisotopic (exact) mass is 353 g/mol. The molecule has 23 heavy (non-hydrogen) atoms. The highest BCUT2D eigenvalue weighted by Gasteiger charge is 2.17. The summed E-state index contributed by atoms with van der Waals surface area (Å²) < 4.78 is 15.3. The Hall–Kier alpha value is -2.05. The fourth-order valence-corrected chi connectivity index (χ4v) is 3.08. The van der Waals surface area contributed by atoms with Gasteiger partial charge in [-0.2, -0.15) is 0 Å². The number of rotatable bonds is 5. The van der Waals surface area contributed by atoms with Crippen LogP contribution < -0.4 is 9.47 Å². The van der Waals surface area contributed by atoms with E-state index in [1.54, 1.807) is 18.2 Å². The van der Waals surface area contributed by atoms with Crippen molar-refractivity contribution in [1.29, 1.82) is 0 Å². The summed E-state index contributed by atoms with van der Waals surface area (Å²) in [6.45, 7) is 1.86. The molecule has 7 heteroatoms. The van der Waals surface area contributed by atoms with Crippen LogP contribution in [0.4, 0.5) is 0 Å². The highest BCUT2D eigenvalue weighted by Crippen LogP contribution is 2.37. The summed E-state index contributed by atoms with van der Waals surface area (Å²) in [5, 5.41) is 2.84. The molecule has 2 aromatic rings. The molecular formula is C16H16ClNO4S. The first-order valence-electron chi connectivity index (χ1n) is 6.64. The second kappa shape index (κ2) is 7.48. The lowest BCUT2D eigenvalue weighted by molar-refractivity contribution is -0.133. The minimum absolute atomic E-state index is 0.355. The van der Waals surface area contributed by atoms with E-state index in [1.807, 2.05) is 12.3 Å². The molecule has 0 fully saturated rings. The Morgan fingerprint density at radius 1 is 1.26 bits per heavy atom. The first-order valence-corrected chi connectivity index (χ1v) is 7.90. The van der Waals surface area contributed by atoms with Gasteiger partial charge in [0.1, 0.15) is 5.01 Å². The van der Waals surface area contributed by atoms with Crippen molar-refractivity contribution in [3.05, 3.63) is 38.8 Å². The number of carbonyl (C=O) groups excluding carboxylic acids is 1. The molecule has 0 N–H and O–H groups in total. The zero-order valence-corrected chi connectivity index (χ0v) is 14.7. The van der Waals surface area contributed by atoms with Crippen LogP contribution in [0.25, 0.3) is 11.6 Å². The number of carbonyl (C=O) groups is 1.